The molecule has 4 bridgehead atoms. The van der Waals surface area contributed by atoms with Gasteiger partial charge in [0.2, 0.25) is 5.91 Å². The summed E-state index contributed by atoms with van der Waals surface area (Å²) in [4.78, 5) is 38.7. The highest BCUT2D eigenvalue weighted by Gasteiger charge is 2.41. The number of likely N-dealkylation sites (tertiary alicyclic amines) is 1. The number of alkyl halides is 2. The fourth-order valence-corrected chi connectivity index (χ4v) is 7.99. The van der Waals surface area contributed by atoms with Crippen molar-refractivity contribution in [2.45, 2.75) is 96.3 Å². The molecule has 2 aliphatic heterocycles. The summed E-state index contributed by atoms with van der Waals surface area (Å²) in [5.41, 5.74) is 8.83. The standard InChI is InChI=1S/C36H45F2N7O3/c1-20-26-11-9-22-16-28(45(31(22)41-26)19-36(37,38)13-7-6-12-35(2,3)34(47)40-20)32-42-27-15-23(17-29(48-5)30(27)43(32)4)33(46)44-18-25(39)21-8-10-24(44)14-21/h9,11,15-17,20-21,24-25H,6-8,10,12-14,18-19,39H2,1-5H3,(H,40,47)/t20-,21-,24+,25+/m1/s1. The van der Waals surface area contributed by atoms with Gasteiger partial charge < -0.3 is 29.8 Å². The molecule has 4 aromatic rings. The van der Waals surface area contributed by atoms with Crippen LogP contribution in [0, 0.1) is 11.3 Å². The molecule has 1 saturated carbocycles. The van der Waals surface area contributed by atoms with Gasteiger partial charge in [-0.1, -0.05) is 20.3 Å². The Balaban J connectivity index is 1.33. The molecule has 5 heterocycles. The van der Waals surface area contributed by atoms with Gasteiger partial charge in [-0.2, -0.15) is 0 Å². The fraction of sp³-hybridized carbons (Fsp3) is 0.556. The lowest BCUT2D eigenvalue weighted by atomic mass is 9.85. The highest BCUT2D eigenvalue weighted by atomic mass is 19.3. The lowest BCUT2D eigenvalue weighted by molar-refractivity contribution is -0.130. The minimum atomic E-state index is -3.03. The van der Waals surface area contributed by atoms with E-state index in [0.717, 1.165) is 19.3 Å². The van der Waals surface area contributed by atoms with Crippen LogP contribution >= 0.6 is 0 Å². The Labute approximate surface area is 279 Å². The molecule has 1 aliphatic carbocycles. The number of aryl methyl sites for hydroxylation is 1. The van der Waals surface area contributed by atoms with Crippen LogP contribution in [0.3, 0.4) is 0 Å². The summed E-state index contributed by atoms with van der Waals surface area (Å²) in [6.07, 6.45) is 3.90. The highest BCUT2D eigenvalue weighted by molar-refractivity contribution is 6.00. The van der Waals surface area contributed by atoms with E-state index in [0.29, 0.717) is 75.9 Å². The smallest absolute Gasteiger partial charge is 0.265 e. The number of rotatable bonds is 3. The van der Waals surface area contributed by atoms with Gasteiger partial charge in [-0.15, -0.1) is 0 Å². The molecule has 0 radical (unpaired) electrons. The number of piperidine rings is 1. The van der Waals surface area contributed by atoms with E-state index in [-0.39, 0.29) is 36.7 Å². The van der Waals surface area contributed by atoms with E-state index in [1.54, 1.807) is 23.8 Å². The molecule has 7 rings (SSSR count). The SMILES string of the molecule is COc1cc(C(=O)N2C[C@H](N)[C@@H]3CC[C@H]2C3)cc2nc(-c3cc4ccc5nc4n3CC(F)(F)CCCCC(C)(C)C(=O)N[C@@H]5C)n(C)c12. The first kappa shape index (κ1) is 32.5. The number of imidazole rings is 1. The molecular formula is C36H45F2N7O3. The van der Waals surface area contributed by atoms with Crippen LogP contribution in [0.5, 0.6) is 5.75 Å². The molecule has 2 fully saturated rings. The third-order valence-corrected chi connectivity index (χ3v) is 10.9. The van der Waals surface area contributed by atoms with Crippen molar-refractivity contribution in [3.63, 3.8) is 0 Å². The summed E-state index contributed by atoms with van der Waals surface area (Å²) in [6.45, 7) is 5.50. The number of benzene rings is 1. The van der Waals surface area contributed by atoms with E-state index < -0.39 is 23.9 Å². The van der Waals surface area contributed by atoms with Crippen LogP contribution in [0.1, 0.15) is 87.8 Å². The van der Waals surface area contributed by atoms with Crippen LogP contribution in [0.2, 0.25) is 0 Å². The quantitative estimate of drug-likeness (QED) is 0.280. The van der Waals surface area contributed by atoms with Crippen LogP contribution < -0.4 is 15.8 Å². The van der Waals surface area contributed by atoms with E-state index in [9.17, 15) is 9.59 Å². The van der Waals surface area contributed by atoms with Gasteiger partial charge in [0.05, 0.1) is 36.6 Å². The largest absolute Gasteiger partial charge is 0.494 e. The number of hydrogen-bond acceptors (Lipinski definition) is 6. The zero-order chi connectivity index (χ0) is 34.1. The van der Waals surface area contributed by atoms with Gasteiger partial charge in [0.1, 0.15) is 16.9 Å². The number of methoxy groups -OCH3 is 1. The van der Waals surface area contributed by atoms with Crippen LogP contribution in [0.25, 0.3) is 33.6 Å². The molecule has 2 amide bonds. The Bertz CT molecular complexity index is 1910. The van der Waals surface area contributed by atoms with Crippen molar-refractivity contribution in [1.82, 2.24) is 29.3 Å². The lowest BCUT2D eigenvalue weighted by Crippen LogP contribution is -2.51. The summed E-state index contributed by atoms with van der Waals surface area (Å²) < 4.78 is 40.7. The number of ether oxygens (including phenoxy) is 1. The zero-order valence-electron chi connectivity index (χ0n) is 28.4. The molecule has 1 aromatic carbocycles. The Morgan fingerprint density at radius 1 is 1.10 bits per heavy atom. The molecule has 4 atom stereocenters. The first-order valence-electron chi connectivity index (χ1n) is 17.1. The van der Waals surface area contributed by atoms with E-state index in [4.69, 9.17) is 20.4 Å². The Kier molecular flexibility index (Phi) is 8.00. The Morgan fingerprint density at radius 2 is 1.88 bits per heavy atom. The molecule has 3 aromatic heterocycles. The van der Waals surface area contributed by atoms with Gasteiger partial charge in [0.15, 0.2) is 5.82 Å². The third kappa shape index (κ3) is 5.61. The maximum atomic E-state index is 15.8. The first-order chi connectivity index (χ1) is 22.8. The van der Waals surface area contributed by atoms with Gasteiger partial charge in [-0.05, 0) is 75.3 Å². The maximum Gasteiger partial charge on any atom is 0.265 e. The third-order valence-electron chi connectivity index (χ3n) is 10.9. The molecular weight excluding hydrogens is 616 g/mol. The summed E-state index contributed by atoms with van der Waals surface area (Å²) >= 11 is 0. The second-order valence-electron chi connectivity index (χ2n) is 14.8. The number of nitrogens with two attached hydrogens (primary N) is 1. The van der Waals surface area contributed by atoms with E-state index in [1.807, 2.05) is 55.5 Å². The number of fused-ring (bicyclic) bond motifs is 4. The van der Waals surface area contributed by atoms with Crippen LogP contribution in [0.4, 0.5) is 8.78 Å². The second kappa shape index (κ2) is 11.8. The highest BCUT2D eigenvalue weighted by Crippen LogP contribution is 2.39. The number of carbonyl (C=O) groups is 2. The molecule has 0 unspecified atom stereocenters. The molecule has 10 nitrogen and oxygen atoms in total. The number of carbonyl (C=O) groups excluding carboxylic acids is 2. The van der Waals surface area contributed by atoms with Gasteiger partial charge in [0, 0.05) is 48.5 Å². The van der Waals surface area contributed by atoms with E-state index in [1.165, 1.54) is 0 Å². The summed E-state index contributed by atoms with van der Waals surface area (Å²) in [5.74, 6) is -1.88. The number of hydrogen-bond donors (Lipinski definition) is 2. The van der Waals surface area contributed by atoms with E-state index in [2.05, 4.69) is 5.32 Å². The second-order valence-corrected chi connectivity index (χ2v) is 14.8. The number of aromatic nitrogens is 4. The fourth-order valence-electron chi connectivity index (χ4n) is 7.99. The maximum absolute atomic E-state index is 15.8. The van der Waals surface area contributed by atoms with Crippen molar-refractivity contribution in [2.75, 3.05) is 13.7 Å². The average Bonchev–Trinajstić information content (AvgIpc) is 3.73. The number of halogens is 2. The zero-order valence-corrected chi connectivity index (χ0v) is 28.4. The number of amides is 2. The van der Waals surface area contributed by atoms with Crippen molar-refractivity contribution in [1.29, 1.82) is 0 Å². The Hall–Kier alpha value is -4.06. The summed E-state index contributed by atoms with van der Waals surface area (Å²) in [7, 11) is 3.37. The number of pyridine rings is 1. The molecule has 256 valence electrons. The number of nitrogens with zero attached hydrogens (tertiary/aromatic N) is 5. The van der Waals surface area contributed by atoms with Crippen molar-refractivity contribution in [3.8, 4) is 17.3 Å². The van der Waals surface area contributed by atoms with Crippen LogP contribution in [-0.4, -0.2) is 67.5 Å². The molecule has 0 spiro atoms. The van der Waals surface area contributed by atoms with Gasteiger partial charge >= 0.3 is 0 Å². The number of nitrogens with one attached hydrogen (secondary N) is 1. The average molecular weight is 662 g/mol. The van der Waals surface area contributed by atoms with Gasteiger partial charge in [0.25, 0.3) is 11.8 Å². The summed E-state index contributed by atoms with van der Waals surface area (Å²) in [6, 6.07) is 8.73. The monoisotopic (exact) mass is 661 g/mol. The first-order valence-corrected chi connectivity index (χ1v) is 17.1. The predicted molar refractivity (Wildman–Crippen MR) is 180 cm³/mol. The minimum absolute atomic E-state index is 0.0390. The van der Waals surface area contributed by atoms with Crippen molar-refractivity contribution in [2.24, 2.45) is 24.1 Å². The topological polar surface area (TPSA) is 120 Å². The van der Waals surface area contributed by atoms with Crippen molar-refractivity contribution < 1.29 is 23.1 Å². The summed E-state index contributed by atoms with van der Waals surface area (Å²) in [5, 5.41) is 3.76. The predicted octanol–water partition coefficient (Wildman–Crippen LogP) is 5.96. The molecule has 1 saturated heterocycles. The van der Waals surface area contributed by atoms with Crippen LogP contribution in [-0.2, 0) is 18.4 Å². The van der Waals surface area contributed by atoms with Gasteiger partial charge in [-0.25, -0.2) is 18.7 Å². The Morgan fingerprint density at radius 3 is 2.65 bits per heavy atom. The van der Waals surface area contributed by atoms with Crippen LogP contribution in [0.15, 0.2) is 30.3 Å². The molecule has 48 heavy (non-hydrogen) atoms. The van der Waals surface area contributed by atoms with Crippen molar-refractivity contribution in [3.05, 3.63) is 41.6 Å². The normalized spacial score (nSPS) is 25.8. The van der Waals surface area contributed by atoms with Crippen molar-refractivity contribution >= 4 is 33.9 Å². The molecule has 3 N–H and O–H groups in total. The molecule has 3 aliphatic rings. The minimum Gasteiger partial charge on any atom is -0.494 e. The van der Waals surface area contributed by atoms with Gasteiger partial charge in [-0.3, -0.25) is 9.59 Å². The lowest BCUT2D eigenvalue weighted by Gasteiger charge is -2.37. The van der Waals surface area contributed by atoms with E-state index >= 15 is 8.78 Å². The molecule has 12 heteroatoms.